The van der Waals surface area contributed by atoms with Crippen LogP contribution >= 0.6 is 0 Å². The Morgan fingerprint density at radius 1 is 1.58 bits per heavy atom. The number of rotatable bonds is 6. The smallest absolute Gasteiger partial charge is 0.369 e. The summed E-state index contributed by atoms with van der Waals surface area (Å²) >= 11 is 0. The number of nitro groups is 1. The Morgan fingerprint density at radius 3 is 2.84 bits per heavy atom. The first-order valence-corrected chi connectivity index (χ1v) is 5.58. The topological polar surface area (TPSA) is 123 Å². The lowest BCUT2D eigenvalue weighted by Crippen LogP contribution is -2.24. The predicted octanol–water partition coefficient (Wildman–Crippen LogP) is 0.337. The number of aliphatic hydroxyl groups excluding tert-OH is 2. The lowest BCUT2D eigenvalue weighted by atomic mass is 10.0. The molecule has 0 radical (unpaired) electrons. The van der Waals surface area contributed by atoms with E-state index in [1.807, 2.05) is 0 Å². The van der Waals surface area contributed by atoms with Crippen LogP contribution in [-0.2, 0) is 9.53 Å². The molecule has 0 saturated carbocycles. The molecule has 104 valence electrons. The molecule has 0 aliphatic heterocycles. The predicted molar refractivity (Wildman–Crippen MR) is 63.1 cm³/mol. The summed E-state index contributed by atoms with van der Waals surface area (Å²) in [7, 11) is 0. The van der Waals surface area contributed by atoms with Crippen LogP contribution in [0.2, 0.25) is 0 Å². The monoisotopic (exact) mass is 270 g/mol. The fourth-order valence-electron chi connectivity index (χ4n) is 1.50. The molecule has 0 aliphatic carbocycles. The van der Waals surface area contributed by atoms with Crippen LogP contribution in [0.4, 0.5) is 5.82 Å². The molecule has 1 rings (SSSR count). The average Bonchev–Trinajstić information content (AvgIpc) is 2.37. The third kappa shape index (κ3) is 3.97. The lowest BCUT2D eigenvalue weighted by Gasteiger charge is -2.16. The lowest BCUT2D eigenvalue weighted by molar-refractivity contribution is -0.391. The van der Waals surface area contributed by atoms with Gasteiger partial charge in [-0.1, -0.05) is 0 Å². The van der Waals surface area contributed by atoms with Gasteiger partial charge in [-0.05, 0) is 29.0 Å². The number of aliphatic hydroxyl groups is 2. The molecule has 0 bridgehead atoms. The molecule has 1 aromatic heterocycles. The highest BCUT2D eigenvalue weighted by molar-refractivity contribution is 5.70. The van der Waals surface area contributed by atoms with Crippen LogP contribution in [0.3, 0.4) is 0 Å². The van der Waals surface area contributed by atoms with Crippen molar-refractivity contribution < 1.29 is 24.7 Å². The van der Waals surface area contributed by atoms with E-state index in [0.29, 0.717) is 0 Å². The number of carbonyl (C=O) groups is 1. The summed E-state index contributed by atoms with van der Waals surface area (Å²) in [6.45, 7) is 1.75. The number of ether oxygens (including phenoxy) is 1. The van der Waals surface area contributed by atoms with Crippen LogP contribution in [0, 0.1) is 10.1 Å². The molecular formula is C11H14N2O6. The van der Waals surface area contributed by atoms with E-state index in [4.69, 9.17) is 0 Å². The fourth-order valence-corrected chi connectivity index (χ4v) is 1.50. The zero-order chi connectivity index (χ0) is 14.4. The molecule has 0 aromatic carbocycles. The number of hydrogen-bond donors (Lipinski definition) is 2. The standard InChI is InChI=1S/C11H14N2O6/c1-2-19-9(15)6-8(14)10(16)7-4-3-5-12-11(7)13(17)18/h3-5,8,10,14,16H,2,6H2,1H3. The van der Waals surface area contributed by atoms with Gasteiger partial charge >= 0.3 is 11.8 Å². The van der Waals surface area contributed by atoms with Crippen LogP contribution in [-0.4, -0.2) is 38.8 Å². The Labute approximate surface area is 108 Å². The number of aromatic nitrogens is 1. The van der Waals surface area contributed by atoms with Gasteiger partial charge in [0.1, 0.15) is 12.3 Å². The summed E-state index contributed by atoms with van der Waals surface area (Å²) in [6.07, 6.45) is -2.34. The van der Waals surface area contributed by atoms with Gasteiger partial charge in [-0.2, -0.15) is 0 Å². The van der Waals surface area contributed by atoms with E-state index in [1.54, 1.807) is 6.92 Å². The molecule has 0 amide bonds. The summed E-state index contributed by atoms with van der Waals surface area (Å²) in [4.78, 5) is 24.6. The Hall–Kier alpha value is -2.06. The Kier molecular flexibility index (Phi) is 5.34. The minimum atomic E-state index is -1.58. The number of hydrogen-bond acceptors (Lipinski definition) is 7. The zero-order valence-corrected chi connectivity index (χ0v) is 10.2. The number of nitrogens with zero attached hydrogens (tertiary/aromatic N) is 2. The summed E-state index contributed by atoms with van der Waals surface area (Å²) in [5.74, 6) is -1.25. The van der Waals surface area contributed by atoms with Crippen molar-refractivity contribution in [1.29, 1.82) is 0 Å². The van der Waals surface area contributed by atoms with Gasteiger partial charge in [0.05, 0.1) is 24.7 Å². The SMILES string of the molecule is CCOC(=O)CC(O)C(O)c1cccnc1[N+](=O)[O-]. The molecule has 1 aromatic rings. The first-order chi connectivity index (χ1) is 8.97. The minimum Gasteiger partial charge on any atom is -0.466 e. The Morgan fingerprint density at radius 2 is 2.26 bits per heavy atom. The first-order valence-electron chi connectivity index (χ1n) is 5.58. The van der Waals surface area contributed by atoms with Crippen molar-refractivity contribution in [2.24, 2.45) is 0 Å². The van der Waals surface area contributed by atoms with E-state index in [-0.39, 0.29) is 12.2 Å². The largest absolute Gasteiger partial charge is 0.466 e. The molecule has 2 atom stereocenters. The van der Waals surface area contributed by atoms with E-state index in [0.717, 1.165) is 0 Å². The third-order valence-corrected chi connectivity index (χ3v) is 2.35. The van der Waals surface area contributed by atoms with E-state index >= 15 is 0 Å². The number of pyridine rings is 1. The van der Waals surface area contributed by atoms with Gasteiger partial charge in [-0.15, -0.1) is 0 Å². The van der Waals surface area contributed by atoms with E-state index in [1.165, 1.54) is 18.3 Å². The summed E-state index contributed by atoms with van der Waals surface area (Å²) in [5.41, 5.74) is -0.149. The van der Waals surface area contributed by atoms with E-state index in [9.17, 15) is 25.1 Å². The molecule has 2 N–H and O–H groups in total. The van der Waals surface area contributed by atoms with Crippen LogP contribution in [0.25, 0.3) is 0 Å². The number of carbonyl (C=O) groups excluding carboxylic acids is 1. The Balaban J connectivity index is 2.85. The van der Waals surface area contributed by atoms with Gasteiger partial charge in [-0.25, -0.2) is 0 Å². The van der Waals surface area contributed by atoms with E-state index < -0.39 is 35.3 Å². The average molecular weight is 270 g/mol. The van der Waals surface area contributed by atoms with Crippen molar-refractivity contribution in [1.82, 2.24) is 4.98 Å². The van der Waals surface area contributed by atoms with Gasteiger partial charge in [0.15, 0.2) is 0 Å². The Bertz CT molecular complexity index is 464. The van der Waals surface area contributed by atoms with Gasteiger partial charge in [0.2, 0.25) is 0 Å². The van der Waals surface area contributed by atoms with Crippen molar-refractivity contribution in [3.63, 3.8) is 0 Å². The second kappa shape index (κ2) is 6.76. The van der Waals surface area contributed by atoms with E-state index in [2.05, 4.69) is 9.72 Å². The maximum Gasteiger partial charge on any atom is 0.369 e. The first kappa shape index (κ1) is 15.0. The normalized spacial score (nSPS) is 13.6. The molecule has 0 aliphatic rings. The quantitative estimate of drug-likeness (QED) is 0.434. The summed E-state index contributed by atoms with van der Waals surface area (Å²) < 4.78 is 4.62. The fraction of sp³-hybridized carbons (Fsp3) is 0.455. The van der Waals surface area contributed by atoms with Crippen molar-refractivity contribution in [2.45, 2.75) is 25.6 Å². The molecule has 8 heteroatoms. The summed E-state index contributed by atoms with van der Waals surface area (Å²) in [5, 5.41) is 30.2. The van der Waals surface area contributed by atoms with Gasteiger partial charge < -0.3 is 25.1 Å². The molecule has 0 spiro atoms. The third-order valence-electron chi connectivity index (χ3n) is 2.35. The molecule has 1 heterocycles. The van der Waals surface area contributed by atoms with Gasteiger partial charge in [0, 0.05) is 0 Å². The molecule has 0 fully saturated rings. The molecule has 0 saturated heterocycles. The van der Waals surface area contributed by atoms with Crippen molar-refractivity contribution in [3.8, 4) is 0 Å². The maximum atomic E-state index is 11.2. The minimum absolute atomic E-state index is 0.148. The van der Waals surface area contributed by atoms with Gasteiger partial charge in [-0.3, -0.25) is 4.79 Å². The number of esters is 1. The highest BCUT2D eigenvalue weighted by Crippen LogP contribution is 2.26. The second-order valence-corrected chi connectivity index (χ2v) is 3.69. The summed E-state index contributed by atoms with van der Waals surface area (Å²) in [6, 6.07) is 2.66. The van der Waals surface area contributed by atoms with Crippen molar-refractivity contribution >= 4 is 11.8 Å². The van der Waals surface area contributed by atoms with Gasteiger partial charge in [0.25, 0.3) is 0 Å². The molecule has 2 unspecified atom stereocenters. The highest BCUT2D eigenvalue weighted by atomic mass is 16.6. The molecular weight excluding hydrogens is 256 g/mol. The molecule has 19 heavy (non-hydrogen) atoms. The van der Waals surface area contributed by atoms with Crippen LogP contribution in [0.1, 0.15) is 25.0 Å². The highest BCUT2D eigenvalue weighted by Gasteiger charge is 2.28. The van der Waals surface area contributed by atoms with Crippen LogP contribution < -0.4 is 0 Å². The van der Waals surface area contributed by atoms with Crippen molar-refractivity contribution in [2.75, 3.05) is 6.61 Å². The van der Waals surface area contributed by atoms with Crippen LogP contribution in [0.15, 0.2) is 18.3 Å². The van der Waals surface area contributed by atoms with Crippen molar-refractivity contribution in [3.05, 3.63) is 34.0 Å². The molecule has 8 nitrogen and oxygen atoms in total. The van der Waals surface area contributed by atoms with Crippen LogP contribution in [0.5, 0.6) is 0 Å². The second-order valence-electron chi connectivity index (χ2n) is 3.69. The zero-order valence-electron chi connectivity index (χ0n) is 10.2. The maximum absolute atomic E-state index is 11.2.